The topological polar surface area (TPSA) is 88.9 Å². The molecule has 3 amide bonds. The first-order chi connectivity index (χ1) is 17.3. The van der Waals surface area contributed by atoms with Crippen LogP contribution in [-0.4, -0.2) is 95.4 Å². The molecule has 1 N–H and O–H groups in total. The number of nitrogens with zero attached hydrogens (tertiary/aromatic N) is 5. The average Bonchev–Trinajstić information content (AvgIpc) is 3.27. The quantitative estimate of drug-likeness (QED) is 0.704. The van der Waals surface area contributed by atoms with Gasteiger partial charge in [-0.2, -0.15) is 5.10 Å². The summed E-state index contributed by atoms with van der Waals surface area (Å²) in [7, 11) is 1.74. The van der Waals surface area contributed by atoms with Gasteiger partial charge in [-0.25, -0.2) is 14.2 Å². The maximum absolute atomic E-state index is 14.1. The van der Waals surface area contributed by atoms with Gasteiger partial charge in [0.2, 0.25) is 5.91 Å². The number of carbonyl (C=O) groups is 2. The molecule has 0 saturated carbocycles. The third kappa shape index (κ3) is 4.60. The highest BCUT2D eigenvalue weighted by Crippen LogP contribution is 2.43. The number of carbonyl (C=O) groups excluding carboxylic acids is 2. The van der Waals surface area contributed by atoms with Gasteiger partial charge in [0.15, 0.2) is 0 Å². The van der Waals surface area contributed by atoms with Gasteiger partial charge >= 0.3 is 6.03 Å². The third-order valence-electron chi connectivity index (χ3n) is 7.15. The summed E-state index contributed by atoms with van der Waals surface area (Å²) < 4.78 is 20.0. The average molecular weight is 496 g/mol. The number of halogens is 1. The van der Waals surface area contributed by atoms with Crippen LogP contribution in [0, 0.1) is 11.7 Å². The number of likely N-dealkylation sites (N-methyl/N-ethyl adjacent to an activating group) is 1. The monoisotopic (exact) mass is 495 g/mol. The van der Waals surface area contributed by atoms with E-state index < -0.39 is 11.9 Å². The summed E-state index contributed by atoms with van der Waals surface area (Å²) in [6.45, 7) is 5.93. The molecular formula is C26H30FN5O4. The summed E-state index contributed by atoms with van der Waals surface area (Å²) in [4.78, 5) is 30.9. The Morgan fingerprint density at radius 1 is 1.17 bits per heavy atom. The first kappa shape index (κ1) is 24.1. The van der Waals surface area contributed by atoms with Crippen molar-refractivity contribution in [1.82, 2.24) is 19.7 Å². The van der Waals surface area contributed by atoms with Crippen LogP contribution in [0.4, 0.5) is 9.18 Å². The van der Waals surface area contributed by atoms with E-state index in [1.807, 2.05) is 11.0 Å². The summed E-state index contributed by atoms with van der Waals surface area (Å²) in [6, 6.07) is 10.3. The largest absolute Gasteiger partial charge is 0.508 e. The van der Waals surface area contributed by atoms with Gasteiger partial charge in [0.25, 0.3) is 0 Å². The molecular weight excluding hydrogens is 465 g/mol. The molecule has 0 spiro atoms. The number of urea groups is 1. The van der Waals surface area contributed by atoms with E-state index in [1.54, 1.807) is 43.1 Å². The Hall–Kier alpha value is -3.66. The van der Waals surface area contributed by atoms with Crippen LogP contribution < -0.4 is 4.74 Å². The molecule has 10 heteroatoms. The Morgan fingerprint density at radius 3 is 2.67 bits per heavy atom. The number of rotatable bonds is 4. The number of phenolic OH excluding ortho intramolecular Hbond substituents is 1. The maximum atomic E-state index is 14.1. The highest BCUT2D eigenvalue weighted by molar-refractivity contribution is 6.07. The molecule has 0 bridgehead atoms. The fraction of sp³-hybridized carbons (Fsp3) is 0.423. The van der Waals surface area contributed by atoms with Crippen molar-refractivity contribution in [3.63, 3.8) is 0 Å². The van der Waals surface area contributed by atoms with Crippen LogP contribution in [-0.2, 0) is 4.79 Å². The van der Waals surface area contributed by atoms with E-state index in [4.69, 9.17) is 9.84 Å². The molecule has 9 nitrogen and oxygen atoms in total. The number of ether oxygens (including phenoxy) is 1. The lowest BCUT2D eigenvalue weighted by Crippen LogP contribution is -2.50. The molecule has 1 fully saturated rings. The SMILES string of the molecule is CC(=O)N1CCN(CCN(C)C(=O)N2N=C3c4cc(F)ccc4OC[C@H]3[C@H]2c2cccc(O)c2)CC1. The van der Waals surface area contributed by atoms with Crippen molar-refractivity contribution in [1.29, 1.82) is 0 Å². The van der Waals surface area contributed by atoms with Crippen molar-refractivity contribution in [2.75, 3.05) is 52.9 Å². The maximum Gasteiger partial charge on any atom is 0.340 e. The molecule has 2 aromatic rings. The molecule has 2 aromatic carbocycles. The van der Waals surface area contributed by atoms with Crippen molar-refractivity contribution >= 4 is 17.6 Å². The molecule has 5 rings (SSSR count). The zero-order chi connectivity index (χ0) is 25.4. The summed E-state index contributed by atoms with van der Waals surface area (Å²) in [5.74, 6) is 0.00227. The molecule has 0 radical (unpaired) electrons. The van der Waals surface area contributed by atoms with E-state index in [1.165, 1.54) is 17.1 Å². The van der Waals surface area contributed by atoms with Gasteiger partial charge in [-0.05, 0) is 35.9 Å². The second-order valence-corrected chi connectivity index (χ2v) is 9.48. The predicted molar refractivity (Wildman–Crippen MR) is 131 cm³/mol. The zero-order valence-electron chi connectivity index (χ0n) is 20.4. The van der Waals surface area contributed by atoms with Crippen LogP contribution in [0.5, 0.6) is 11.5 Å². The highest BCUT2D eigenvalue weighted by Gasteiger charge is 2.46. The molecule has 0 aliphatic carbocycles. The number of hydrazone groups is 1. The lowest BCUT2D eigenvalue weighted by molar-refractivity contribution is -0.130. The number of benzene rings is 2. The van der Waals surface area contributed by atoms with Gasteiger partial charge in [0, 0.05) is 58.8 Å². The number of hydrogen-bond donors (Lipinski definition) is 1. The van der Waals surface area contributed by atoms with Gasteiger partial charge in [0.05, 0.1) is 24.3 Å². The first-order valence-electron chi connectivity index (χ1n) is 12.1. The van der Waals surface area contributed by atoms with E-state index >= 15 is 0 Å². The molecule has 190 valence electrons. The van der Waals surface area contributed by atoms with E-state index in [2.05, 4.69) is 4.90 Å². The van der Waals surface area contributed by atoms with Gasteiger partial charge in [-0.3, -0.25) is 9.69 Å². The molecule has 36 heavy (non-hydrogen) atoms. The number of fused-ring (bicyclic) bond motifs is 3. The number of piperazine rings is 1. The van der Waals surface area contributed by atoms with Crippen molar-refractivity contribution < 1.29 is 23.8 Å². The van der Waals surface area contributed by atoms with E-state index in [9.17, 15) is 19.1 Å². The predicted octanol–water partition coefficient (Wildman–Crippen LogP) is 2.52. The van der Waals surface area contributed by atoms with Gasteiger partial charge < -0.3 is 19.6 Å². The number of phenols is 1. The molecule has 3 aliphatic heterocycles. The lowest BCUT2D eigenvalue weighted by atomic mass is 9.86. The Labute approximate surface area is 209 Å². The van der Waals surface area contributed by atoms with E-state index in [0.29, 0.717) is 43.2 Å². The highest BCUT2D eigenvalue weighted by atomic mass is 19.1. The molecule has 3 aliphatic rings. The summed E-state index contributed by atoms with van der Waals surface area (Å²) >= 11 is 0. The smallest absolute Gasteiger partial charge is 0.340 e. The van der Waals surface area contributed by atoms with Crippen LogP contribution in [0.15, 0.2) is 47.6 Å². The Bertz CT molecular complexity index is 1200. The minimum Gasteiger partial charge on any atom is -0.508 e. The molecule has 0 unspecified atom stereocenters. The van der Waals surface area contributed by atoms with Crippen LogP contribution in [0.2, 0.25) is 0 Å². The van der Waals surface area contributed by atoms with Crippen molar-refractivity contribution in [3.05, 3.63) is 59.4 Å². The Morgan fingerprint density at radius 2 is 1.94 bits per heavy atom. The first-order valence-corrected chi connectivity index (χ1v) is 12.1. The van der Waals surface area contributed by atoms with Gasteiger partial charge in [-0.1, -0.05) is 12.1 Å². The normalized spacial score (nSPS) is 21.4. The minimum absolute atomic E-state index is 0.0833. The third-order valence-corrected chi connectivity index (χ3v) is 7.15. The molecule has 1 saturated heterocycles. The Balaban J connectivity index is 1.36. The number of amides is 3. The van der Waals surface area contributed by atoms with Crippen LogP contribution in [0.3, 0.4) is 0 Å². The van der Waals surface area contributed by atoms with E-state index in [-0.39, 0.29) is 30.2 Å². The fourth-order valence-corrected chi connectivity index (χ4v) is 5.10. The molecule has 2 atom stereocenters. The van der Waals surface area contributed by atoms with Crippen LogP contribution in [0.25, 0.3) is 0 Å². The fourth-order valence-electron chi connectivity index (χ4n) is 5.10. The van der Waals surface area contributed by atoms with Crippen molar-refractivity contribution in [2.45, 2.75) is 13.0 Å². The standard InChI is InChI=1S/C26H30FN5O4/c1-17(33)31-12-10-30(11-13-31)9-8-29(2)26(35)32-25(18-4-3-5-20(34)14-18)22-16-36-23-7-6-19(27)15-21(23)24(22)28-32/h3-7,14-15,22,25,34H,8-13,16H2,1-2H3/t22-,25-/m1/s1. The zero-order valence-corrected chi connectivity index (χ0v) is 20.4. The minimum atomic E-state index is -0.502. The Kier molecular flexibility index (Phi) is 6.53. The van der Waals surface area contributed by atoms with Crippen molar-refractivity contribution in [2.24, 2.45) is 11.0 Å². The number of hydrogen-bond acceptors (Lipinski definition) is 6. The molecule has 0 aromatic heterocycles. The van der Waals surface area contributed by atoms with Gasteiger partial charge in [-0.15, -0.1) is 0 Å². The van der Waals surface area contributed by atoms with Gasteiger partial charge in [0.1, 0.15) is 17.3 Å². The van der Waals surface area contributed by atoms with Crippen molar-refractivity contribution in [3.8, 4) is 11.5 Å². The summed E-state index contributed by atoms with van der Waals surface area (Å²) in [5.41, 5.74) is 1.87. The second kappa shape index (κ2) is 9.77. The number of aromatic hydroxyl groups is 1. The van der Waals surface area contributed by atoms with E-state index in [0.717, 1.165) is 18.7 Å². The van der Waals surface area contributed by atoms with Crippen LogP contribution in [0.1, 0.15) is 24.1 Å². The summed E-state index contributed by atoms with van der Waals surface area (Å²) in [5, 5.41) is 16.3. The van der Waals surface area contributed by atoms with Crippen LogP contribution >= 0.6 is 0 Å². The molecule has 3 heterocycles. The lowest BCUT2D eigenvalue weighted by Gasteiger charge is -2.35. The second-order valence-electron chi connectivity index (χ2n) is 9.48. The summed E-state index contributed by atoms with van der Waals surface area (Å²) in [6.07, 6.45) is 0.